The first kappa shape index (κ1) is 31.3. The Morgan fingerprint density at radius 1 is 0.927 bits per heavy atom. The Labute approximate surface area is 245 Å². The molecule has 3 heterocycles. The summed E-state index contributed by atoms with van der Waals surface area (Å²) in [4.78, 5) is 26.0. The molecule has 224 valence electrons. The van der Waals surface area contributed by atoms with Crippen LogP contribution in [0, 0.1) is 0 Å². The average molecular weight is 600 g/mol. The molecule has 2 aromatic heterocycles. The van der Waals surface area contributed by atoms with Crippen molar-refractivity contribution in [2.24, 2.45) is 0 Å². The standard InChI is InChI=1S/C29H45N5O5Si2/c1-28(2,3)40(7,8)38-22-20(16-36-27(35)19-14-12-11-13-15-19)37-26(23(22)39-41(9,10)29(4,5)6)34-18-33-21-24(30)31-17-32-25(21)34/h11-15,17-18,20,22-23,26H,16H2,1-10H3,(H2,30,31,32)/t20-,22-,23-,26-/m1/s1. The highest BCUT2D eigenvalue weighted by atomic mass is 28.4. The molecule has 1 saturated heterocycles. The summed E-state index contributed by atoms with van der Waals surface area (Å²) in [5, 5.41) is -0.137. The average Bonchev–Trinajstić information content (AvgIpc) is 3.44. The van der Waals surface area contributed by atoms with Gasteiger partial charge >= 0.3 is 5.97 Å². The molecule has 12 heteroatoms. The second-order valence-corrected chi connectivity index (χ2v) is 23.3. The summed E-state index contributed by atoms with van der Waals surface area (Å²) in [6.07, 6.45) is 0.822. The summed E-state index contributed by atoms with van der Waals surface area (Å²) in [5.41, 5.74) is 7.62. The molecule has 0 bridgehead atoms. The fourth-order valence-corrected chi connectivity index (χ4v) is 6.84. The molecule has 0 radical (unpaired) electrons. The van der Waals surface area contributed by atoms with Crippen LogP contribution in [0.1, 0.15) is 58.1 Å². The molecular weight excluding hydrogens is 555 g/mol. The van der Waals surface area contributed by atoms with Gasteiger partial charge in [0.05, 0.1) is 11.9 Å². The van der Waals surface area contributed by atoms with Crippen LogP contribution >= 0.6 is 0 Å². The summed E-state index contributed by atoms with van der Waals surface area (Å²) in [7, 11) is -4.66. The molecule has 4 atom stereocenters. The lowest BCUT2D eigenvalue weighted by molar-refractivity contribution is -0.0548. The van der Waals surface area contributed by atoms with Crippen molar-refractivity contribution in [2.45, 2.75) is 102 Å². The SMILES string of the molecule is CC(C)(C)[Si](C)(C)O[C@@H]1[C@H](O[Si](C)(C)C(C)(C)C)[C@@H](COC(=O)c2ccccc2)O[C@H]1n1cnc2c(N)ncnc21. The minimum absolute atomic E-state index is 0.00460. The van der Waals surface area contributed by atoms with Gasteiger partial charge in [-0.3, -0.25) is 4.57 Å². The number of fused-ring (bicyclic) bond motifs is 1. The number of hydrogen-bond acceptors (Lipinski definition) is 9. The second-order valence-electron chi connectivity index (χ2n) is 13.8. The second kappa shape index (κ2) is 11.2. The number of nitrogens with zero attached hydrogens (tertiary/aromatic N) is 4. The van der Waals surface area contributed by atoms with E-state index in [1.165, 1.54) is 6.33 Å². The first-order valence-corrected chi connectivity index (χ1v) is 19.9. The third-order valence-corrected chi connectivity index (χ3v) is 17.8. The Bertz CT molecular complexity index is 1370. The van der Waals surface area contributed by atoms with Gasteiger partial charge in [-0.2, -0.15) is 0 Å². The number of nitrogen functional groups attached to an aromatic ring is 1. The number of hydrogen-bond donors (Lipinski definition) is 1. The summed E-state index contributed by atoms with van der Waals surface area (Å²) >= 11 is 0. The summed E-state index contributed by atoms with van der Waals surface area (Å²) < 4.78 is 28.6. The molecule has 0 spiro atoms. The Balaban J connectivity index is 1.78. The van der Waals surface area contributed by atoms with Gasteiger partial charge in [-0.05, 0) is 48.4 Å². The van der Waals surface area contributed by atoms with Crippen molar-refractivity contribution in [1.29, 1.82) is 0 Å². The van der Waals surface area contributed by atoms with Gasteiger partial charge < -0.3 is 24.1 Å². The van der Waals surface area contributed by atoms with E-state index in [2.05, 4.69) is 82.7 Å². The molecule has 1 fully saturated rings. The van der Waals surface area contributed by atoms with Crippen LogP contribution in [0.25, 0.3) is 11.2 Å². The molecule has 1 aliphatic heterocycles. The minimum atomic E-state index is -2.34. The summed E-state index contributed by atoms with van der Waals surface area (Å²) in [6, 6.07) is 8.94. The third kappa shape index (κ3) is 6.41. The summed E-state index contributed by atoms with van der Waals surface area (Å²) in [6.45, 7) is 22.0. The minimum Gasteiger partial charge on any atom is -0.459 e. The molecule has 41 heavy (non-hydrogen) atoms. The molecule has 1 aliphatic rings. The van der Waals surface area contributed by atoms with E-state index in [4.69, 9.17) is 24.1 Å². The van der Waals surface area contributed by atoms with Crippen molar-refractivity contribution in [3.8, 4) is 0 Å². The lowest BCUT2D eigenvalue weighted by Gasteiger charge is -2.44. The molecule has 1 aromatic carbocycles. The quantitative estimate of drug-likeness (QED) is 0.247. The zero-order chi connectivity index (χ0) is 30.4. The van der Waals surface area contributed by atoms with Crippen molar-refractivity contribution >= 4 is 39.6 Å². The Hall–Kier alpha value is -2.65. The van der Waals surface area contributed by atoms with Crippen molar-refractivity contribution in [3.63, 3.8) is 0 Å². The molecule has 3 aromatic rings. The van der Waals surface area contributed by atoms with Crippen LogP contribution in [0.2, 0.25) is 36.3 Å². The van der Waals surface area contributed by atoms with E-state index in [1.54, 1.807) is 18.5 Å². The molecule has 10 nitrogen and oxygen atoms in total. The Kier molecular flexibility index (Phi) is 8.56. The highest BCUT2D eigenvalue weighted by Gasteiger charge is 2.54. The van der Waals surface area contributed by atoms with Crippen LogP contribution in [-0.2, 0) is 18.3 Å². The number of esters is 1. The number of benzene rings is 1. The maximum absolute atomic E-state index is 12.9. The van der Waals surface area contributed by atoms with Gasteiger partial charge in [-0.15, -0.1) is 0 Å². The highest BCUT2D eigenvalue weighted by molar-refractivity contribution is 6.74. The number of ether oxygens (including phenoxy) is 2. The van der Waals surface area contributed by atoms with E-state index in [0.29, 0.717) is 16.7 Å². The van der Waals surface area contributed by atoms with Crippen LogP contribution in [-0.4, -0.2) is 67.0 Å². The largest absolute Gasteiger partial charge is 0.459 e. The molecular formula is C29H45N5O5Si2. The smallest absolute Gasteiger partial charge is 0.338 e. The topological polar surface area (TPSA) is 124 Å². The molecule has 0 aliphatic carbocycles. The molecule has 0 saturated carbocycles. The number of carbonyl (C=O) groups is 1. The maximum atomic E-state index is 12.9. The van der Waals surface area contributed by atoms with Gasteiger partial charge in [-0.1, -0.05) is 59.7 Å². The zero-order valence-electron chi connectivity index (χ0n) is 26.0. The number of carbonyl (C=O) groups excluding carboxylic acids is 1. The van der Waals surface area contributed by atoms with E-state index in [9.17, 15) is 4.79 Å². The van der Waals surface area contributed by atoms with E-state index >= 15 is 0 Å². The van der Waals surface area contributed by atoms with Gasteiger partial charge in [0.1, 0.15) is 36.8 Å². The number of rotatable bonds is 8. The highest BCUT2D eigenvalue weighted by Crippen LogP contribution is 2.46. The first-order valence-electron chi connectivity index (χ1n) is 14.1. The van der Waals surface area contributed by atoms with Crippen LogP contribution in [0.5, 0.6) is 0 Å². The van der Waals surface area contributed by atoms with Gasteiger partial charge in [0.2, 0.25) is 0 Å². The number of anilines is 1. The van der Waals surface area contributed by atoms with E-state index in [0.717, 1.165) is 0 Å². The van der Waals surface area contributed by atoms with Crippen molar-refractivity contribution in [3.05, 3.63) is 48.5 Å². The van der Waals surface area contributed by atoms with E-state index < -0.39 is 47.1 Å². The molecule has 4 rings (SSSR count). The predicted molar refractivity (Wildman–Crippen MR) is 165 cm³/mol. The fraction of sp³-hybridized carbons (Fsp3) is 0.586. The lowest BCUT2D eigenvalue weighted by atomic mass is 10.1. The molecule has 2 N–H and O–H groups in total. The zero-order valence-corrected chi connectivity index (χ0v) is 28.0. The lowest BCUT2D eigenvalue weighted by Crippen LogP contribution is -2.54. The Morgan fingerprint density at radius 2 is 1.51 bits per heavy atom. The monoisotopic (exact) mass is 599 g/mol. The Morgan fingerprint density at radius 3 is 2.10 bits per heavy atom. The molecule has 0 amide bonds. The van der Waals surface area contributed by atoms with Gasteiger partial charge in [-0.25, -0.2) is 19.7 Å². The van der Waals surface area contributed by atoms with Crippen molar-refractivity contribution in [1.82, 2.24) is 19.5 Å². The molecule has 0 unspecified atom stereocenters. The number of aromatic nitrogens is 4. The van der Waals surface area contributed by atoms with Gasteiger partial charge in [0.15, 0.2) is 34.3 Å². The van der Waals surface area contributed by atoms with Crippen LogP contribution in [0.15, 0.2) is 43.0 Å². The van der Waals surface area contributed by atoms with E-state index in [-0.39, 0.29) is 22.5 Å². The van der Waals surface area contributed by atoms with Crippen LogP contribution < -0.4 is 5.73 Å². The third-order valence-electron chi connectivity index (χ3n) is 8.81. The van der Waals surface area contributed by atoms with Gasteiger partial charge in [0, 0.05) is 0 Å². The van der Waals surface area contributed by atoms with Gasteiger partial charge in [0.25, 0.3) is 0 Å². The van der Waals surface area contributed by atoms with E-state index in [1.807, 2.05) is 22.8 Å². The van der Waals surface area contributed by atoms with Crippen molar-refractivity contribution in [2.75, 3.05) is 12.3 Å². The maximum Gasteiger partial charge on any atom is 0.338 e. The number of imidazole rings is 1. The predicted octanol–water partition coefficient (Wildman–Crippen LogP) is 5.94. The van der Waals surface area contributed by atoms with Crippen molar-refractivity contribution < 1.29 is 23.1 Å². The van der Waals surface area contributed by atoms with Crippen LogP contribution in [0.3, 0.4) is 0 Å². The fourth-order valence-electron chi connectivity index (χ4n) is 4.24. The number of nitrogens with two attached hydrogens (primary N) is 1. The normalized spacial score (nSPS) is 22.3. The first-order chi connectivity index (χ1) is 18.9. The summed E-state index contributed by atoms with van der Waals surface area (Å²) in [5.74, 6) is -0.129. The van der Waals surface area contributed by atoms with Crippen LogP contribution in [0.4, 0.5) is 5.82 Å².